The first kappa shape index (κ1) is 27.9. The van der Waals surface area contributed by atoms with Crippen molar-refractivity contribution in [3.8, 4) is 0 Å². The number of fused-ring (bicyclic) bond motifs is 6. The van der Waals surface area contributed by atoms with Gasteiger partial charge in [-0.1, -0.05) is 133 Å². The normalized spacial score (nSPS) is 11.3. The number of nitrogens with zero attached hydrogens (tertiary/aromatic N) is 2. The topological polar surface area (TPSA) is 6.48 Å². The van der Waals surface area contributed by atoms with Gasteiger partial charge in [-0.15, -0.1) is 0 Å². The van der Waals surface area contributed by atoms with E-state index in [1.165, 1.54) is 43.1 Å². The smallest absolute Gasteiger partial charge is 0.0546 e. The monoisotopic (exact) mass is 612 g/mol. The van der Waals surface area contributed by atoms with E-state index in [1.54, 1.807) is 0 Å². The molecule has 0 aliphatic carbocycles. The fourth-order valence-corrected chi connectivity index (χ4v) is 7.22. The Kier molecular flexibility index (Phi) is 6.84. The lowest BCUT2D eigenvalue weighted by Gasteiger charge is -2.29. The lowest BCUT2D eigenvalue weighted by molar-refractivity contribution is 1.30. The molecule has 0 aromatic heterocycles. The van der Waals surface area contributed by atoms with Crippen LogP contribution in [0.15, 0.2) is 194 Å². The number of para-hydroxylation sites is 3. The Balaban J connectivity index is 1.29. The molecule has 226 valence electrons. The molecule has 0 saturated carbocycles. The molecule has 0 bridgehead atoms. The van der Waals surface area contributed by atoms with Crippen LogP contribution in [0.3, 0.4) is 0 Å². The van der Waals surface area contributed by atoms with E-state index >= 15 is 0 Å². The molecule has 0 aliphatic rings. The largest absolute Gasteiger partial charge is 0.310 e. The molecule has 9 aromatic carbocycles. The average molecular weight is 613 g/mol. The first-order valence-corrected chi connectivity index (χ1v) is 16.4. The van der Waals surface area contributed by atoms with Crippen molar-refractivity contribution in [2.45, 2.75) is 0 Å². The Bertz CT molecular complexity index is 2520. The highest BCUT2D eigenvalue weighted by atomic mass is 15.1. The highest BCUT2D eigenvalue weighted by Gasteiger charge is 2.20. The summed E-state index contributed by atoms with van der Waals surface area (Å²) < 4.78 is 0. The van der Waals surface area contributed by atoms with Crippen molar-refractivity contribution in [2.75, 3.05) is 9.80 Å². The fourth-order valence-electron chi connectivity index (χ4n) is 7.22. The summed E-state index contributed by atoms with van der Waals surface area (Å²) in [4.78, 5) is 4.77. The maximum atomic E-state index is 2.40. The molecular weight excluding hydrogens is 581 g/mol. The zero-order chi connectivity index (χ0) is 31.9. The zero-order valence-corrected chi connectivity index (χ0v) is 26.4. The third kappa shape index (κ3) is 4.74. The van der Waals surface area contributed by atoms with E-state index in [9.17, 15) is 0 Å². The van der Waals surface area contributed by atoms with Gasteiger partial charge in [0.05, 0.1) is 11.4 Å². The van der Waals surface area contributed by atoms with E-state index in [1.807, 2.05) is 0 Å². The van der Waals surface area contributed by atoms with Crippen molar-refractivity contribution in [3.63, 3.8) is 0 Å². The van der Waals surface area contributed by atoms with E-state index < -0.39 is 0 Å². The van der Waals surface area contributed by atoms with Gasteiger partial charge in [0.2, 0.25) is 0 Å². The Labute approximate surface area is 280 Å². The summed E-state index contributed by atoms with van der Waals surface area (Å²) in [5.74, 6) is 0. The molecule has 0 saturated heterocycles. The lowest BCUT2D eigenvalue weighted by Crippen LogP contribution is -2.11. The molecule has 2 nitrogen and oxygen atoms in total. The number of anilines is 6. The molecule has 9 rings (SSSR count). The SMILES string of the molecule is c1ccc(N(c2ccc3c(ccc4ccccc43)c2)c2cccc3c2ccc2cccc(N(c4ccccc4)c4ccccc4)c23)cc1. The zero-order valence-electron chi connectivity index (χ0n) is 26.4. The summed E-state index contributed by atoms with van der Waals surface area (Å²) >= 11 is 0. The number of hydrogen-bond acceptors (Lipinski definition) is 2. The molecule has 0 amide bonds. The highest BCUT2D eigenvalue weighted by molar-refractivity contribution is 6.18. The molecule has 48 heavy (non-hydrogen) atoms. The van der Waals surface area contributed by atoms with Crippen molar-refractivity contribution < 1.29 is 0 Å². The summed E-state index contributed by atoms with van der Waals surface area (Å²) in [7, 11) is 0. The first-order valence-electron chi connectivity index (χ1n) is 16.4. The minimum atomic E-state index is 1.12. The van der Waals surface area contributed by atoms with E-state index in [4.69, 9.17) is 0 Å². The van der Waals surface area contributed by atoms with Crippen molar-refractivity contribution >= 4 is 77.2 Å². The summed E-state index contributed by atoms with van der Waals surface area (Å²) in [5, 5.41) is 9.86. The van der Waals surface area contributed by atoms with Gasteiger partial charge in [-0.25, -0.2) is 0 Å². The van der Waals surface area contributed by atoms with Gasteiger partial charge in [-0.3, -0.25) is 0 Å². The van der Waals surface area contributed by atoms with Crippen LogP contribution in [0.25, 0.3) is 43.1 Å². The van der Waals surface area contributed by atoms with E-state index in [0.717, 1.165) is 34.1 Å². The molecule has 0 atom stereocenters. The van der Waals surface area contributed by atoms with Gasteiger partial charge in [0.15, 0.2) is 0 Å². The number of benzene rings is 9. The first-order chi connectivity index (χ1) is 23.8. The summed E-state index contributed by atoms with van der Waals surface area (Å²) in [5.41, 5.74) is 6.78. The number of rotatable bonds is 6. The third-order valence-corrected chi connectivity index (χ3v) is 9.37. The number of hydrogen-bond donors (Lipinski definition) is 0. The average Bonchev–Trinajstić information content (AvgIpc) is 3.16. The van der Waals surface area contributed by atoms with Crippen LogP contribution < -0.4 is 9.80 Å². The van der Waals surface area contributed by atoms with Gasteiger partial charge in [0.25, 0.3) is 0 Å². The molecule has 0 radical (unpaired) electrons. The predicted molar refractivity (Wildman–Crippen MR) is 206 cm³/mol. The van der Waals surface area contributed by atoms with Crippen molar-refractivity contribution in [2.24, 2.45) is 0 Å². The summed E-state index contributed by atoms with van der Waals surface area (Å²) in [6.45, 7) is 0. The molecule has 9 aromatic rings. The maximum absolute atomic E-state index is 2.40. The summed E-state index contributed by atoms with van der Waals surface area (Å²) in [6.07, 6.45) is 0. The minimum Gasteiger partial charge on any atom is -0.310 e. The molecule has 2 heteroatoms. The van der Waals surface area contributed by atoms with Gasteiger partial charge < -0.3 is 9.80 Å². The van der Waals surface area contributed by atoms with Gasteiger partial charge >= 0.3 is 0 Å². The van der Waals surface area contributed by atoms with Crippen LogP contribution in [-0.4, -0.2) is 0 Å². The van der Waals surface area contributed by atoms with Gasteiger partial charge in [-0.2, -0.15) is 0 Å². The molecule has 0 heterocycles. The van der Waals surface area contributed by atoms with Gasteiger partial charge in [0.1, 0.15) is 0 Å². The molecule has 0 spiro atoms. The van der Waals surface area contributed by atoms with Crippen LogP contribution in [0.2, 0.25) is 0 Å². The van der Waals surface area contributed by atoms with Crippen molar-refractivity contribution in [1.82, 2.24) is 0 Å². The fraction of sp³-hybridized carbons (Fsp3) is 0. The van der Waals surface area contributed by atoms with Crippen LogP contribution in [0.4, 0.5) is 34.1 Å². The van der Waals surface area contributed by atoms with Crippen LogP contribution in [0.1, 0.15) is 0 Å². The van der Waals surface area contributed by atoms with Crippen LogP contribution in [-0.2, 0) is 0 Å². The molecule has 0 N–H and O–H groups in total. The van der Waals surface area contributed by atoms with Crippen molar-refractivity contribution in [3.05, 3.63) is 194 Å². The van der Waals surface area contributed by atoms with E-state index in [-0.39, 0.29) is 0 Å². The molecule has 0 unspecified atom stereocenters. The molecule has 0 aliphatic heterocycles. The maximum Gasteiger partial charge on any atom is 0.0546 e. The Morgan fingerprint density at radius 2 is 0.729 bits per heavy atom. The second kappa shape index (κ2) is 11.8. The highest BCUT2D eigenvalue weighted by Crippen LogP contribution is 2.45. The minimum absolute atomic E-state index is 1.12. The predicted octanol–water partition coefficient (Wildman–Crippen LogP) is 13.2. The summed E-state index contributed by atoms with van der Waals surface area (Å²) in [6, 6.07) is 69.9. The third-order valence-electron chi connectivity index (χ3n) is 9.37. The second-order valence-corrected chi connectivity index (χ2v) is 12.2. The van der Waals surface area contributed by atoms with Crippen LogP contribution in [0, 0.1) is 0 Å². The van der Waals surface area contributed by atoms with E-state index in [2.05, 4.69) is 204 Å². The van der Waals surface area contributed by atoms with Crippen molar-refractivity contribution in [1.29, 1.82) is 0 Å². The quantitative estimate of drug-likeness (QED) is 0.172. The van der Waals surface area contributed by atoms with E-state index in [0.29, 0.717) is 0 Å². The standard InChI is InChI=1S/C46H32N2/c1-4-16-36(17-5-1)47(37-18-6-2-7-19-37)45-25-12-15-34-28-30-42-43(46(34)45)23-13-24-44(42)48(38-20-8-3-9-21-38)39-29-31-41-35(32-39)27-26-33-14-10-11-22-40(33)41/h1-32H. The Hall–Kier alpha value is -6.38. The van der Waals surface area contributed by atoms with Crippen LogP contribution >= 0.6 is 0 Å². The second-order valence-electron chi connectivity index (χ2n) is 12.2. The lowest BCUT2D eigenvalue weighted by atomic mass is 9.97. The van der Waals surface area contributed by atoms with Gasteiger partial charge in [-0.05, 0) is 93.0 Å². The van der Waals surface area contributed by atoms with Crippen LogP contribution in [0.5, 0.6) is 0 Å². The molecule has 0 fully saturated rings. The van der Waals surface area contributed by atoms with Gasteiger partial charge in [0, 0.05) is 33.5 Å². The Morgan fingerprint density at radius 3 is 1.44 bits per heavy atom. The molecular formula is C46H32N2. The Morgan fingerprint density at radius 1 is 0.250 bits per heavy atom.